The molecule has 0 saturated carbocycles. The average molecular weight is 1260 g/mol. The number of carbonyl (C=O) groups is 11. The van der Waals surface area contributed by atoms with Gasteiger partial charge in [-0.25, -0.2) is 0 Å². The normalized spacial score (nSPS) is 27.3. The van der Waals surface area contributed by atoms with Crippen LogP contribution in [0.3, 0.4) is 0 Å². The number of amides is 9. The highest BCUT2D eigenvalue weighted by atomic mass is 16.5. The monoisotopic (exact) mass is 1260 g/mol. The molecule has 0 spiro atoms. The smallest absolute Gasteiger partial charge is 0.273 e. The minimum atomic E-state index is -1.58. The minimum absolute atomic E-state index is 0.0374. The lowest BCUT2D eigenvalue weighted by Gasteiger charge is -2.42. The van der Waals surface area contributed by atoms with Crippen molar-refractivity contribution in [2.24, 2.45) is 59.2 Å². The number of Topliss-reactive ketones (excluding diaryl/α,β-unsaturated/α-hetero) is 2. The number of nitrogens with one attached hydrogen (secondary N) is 2. The van der Waals surface area contributed by atoms with E-state index in [0.29, 0.717) is 12.8 Å². The molecule has 21 nitrogen and oxygen atoms in total. The molecule has 1 aliphatic heterocycles. The summed E-state index contributed by atoms with van der Waals surface area (Å²) in [6.07, 6.45) is 3.64. The number of carbonyl (C=O) groups excluding carboxylic acids is 11. The summed E-state index contributed by atoms with van der Waals surface area (Å²) in [4.78, 5) is 173. The van der Waals surface area contributed by atoms with E-state index in [9.17, 15) is 33.6 Å². The van der Waals surface area contributed by atoms with Gasteiger partial charge in [0.1, 0.15) is 48.1 Å². The van der Waals surface area contributed by atoms with Crippen LogP contribution in [0.15, 0.2) is 12.2 Å². The molecule has 9 amide bonds. The van der Waals surface area contributed by atoms with Crippen LogP contribution in [-0.2, 0) is 57.5 Å². The number of nitrogens with zero attached hydrogens (tertiary/aromatic N) is 7. The first-order chi connectivity index (χ1) is 41.2. The van der Waals surface area contributed by atoms with Gasteiger partial charge in [-0.05, 0) is 99.2 Å². The Labute approximate surface area is 536 Å². The molecular weight excluding hydrogens is 1130 g/mol. The molecule has 1 saturated heterocycles. The maximum absolute atomic E-state index is 15.4. The lowest BCUT2D eigenvalue weighted by Crippen LogP contribution is -2.63. The molecule has 1 fully saturated rings. The zero-order chi connectivity index (χ0) is 69.0. The Hall–Kier alpha value is -5.73. The van der Waals surface area contributed by atoms with Gasteiger partial charge in [0.05, 0.1) is 6.04 Å². The van der Waals surface area contributed by atoms with Crippen molar-refractivity contribution in [1.29, 1.82) is 0 Å². The van der Waals surface area contributed by atoms with E-state index in [-0.39, 0.29) is 92.7 Å². The van der Waals surface area contributed by atoms with Gasteiger partial charge in [-0.3, -0.25) is 52.7 Å². The first kappa shape index (κ1) is 81.3. The Morgan fingerprint density at radius 1 is 0.461 bits per heavy atom. The second kappa shape index (κ2) is 37.6. The summed E-state index contributed by atoms with van der Waals surface area (Å²) < 4.78 is 6.17. The topological polar surface area (TPSA) is 244 Å². The summed E-state index contributed by atoms with van der Waals surface area (Å²) in [5, 5.41) is 5.86. The third kappa shape index (κ3) is 22.9. The van der Waals surface area contributed by atoms with E-state index < -0.39 is 137 Å². The maximum atomic E-state index is 15.4. The molecule has 1 rings (SSSR count). The highest BCUT2D eigenvalue weighted by Crippen LogP contribution is 2.29. The van der Waals surface area contributed by atoms with E-state index >= 15 is 19.2 Å². The summed E-state index contributed by atoms with van der Waals surface area (Å²) in [5.41, 5.74) is 0. The standard InChI is InChI=1S/C68H121N9O12/c1-27-30-31-45(16)48(19)58-60(81)69-49(29-3)62(83)77(26)68(89-32-28-2)67(88)72(21)51(34-40(6)7)59(80)70-56(43(12)13)65(86)71(20)50(33-39(4)5)55(79)37-46(17)54(78)38-47(18)61(82)73(22)52(35-41(8)9)63(84)74(23)53(36-42(10)11)64(85)75(24)57(44(14)15)66(87)76(58)25/h27,30,39-53,56-58,68H,28-29,31-38H2,1-26H3,(H,69,81)(H,70,80)/b30-27+/t45-,46-,47+,48-,49+,50+,51+,52+,53+,56+,57+,58+,68-/m1/s1. The molecule has 21 heteroatoms. The van der Waals surface area contributed by atoms with E-state index in [4.69, 9.17) is 4.74 Å². The van der Waals surface area contributed by atoms with E-state index in [1.165, 1.54) is 78.7 Å². The lowest BCUT2D eigenvalue weighted by atomic mass is 9.84. The zero-order valence-corrected chi connectivity index (χ0v) is 59.7. The fraction of sp³-hybridized carbons (Fsp3) is 0.809. The molecule has 0 radical (unpaired) electrons. The molecule has 0 aliphatic carbocycles. The fourth-order valence-corrected chi connectivity index (χ4v) is 11.9. The summed E-state index contributed by atoms with van der Waals surface area (Å²) >= 11 is 0. The van der Waals surface area contributed by atoms with Crippen LogP contribution in [0.5, 0.6) is 0 Å². The maximum Gasteiger partial charge on any atom is 0.273 e. The van der Waals surface area contributed by atoms with Gasteiger partial charge in [-0.1, -0.05) is 137 Å². The van der Waals surface area contributed by atoms with E-state index in [0.717, 1.165) is 4.90 Å². The van der Waals surface area contributed by atoms with Crippen LogP contribution in [0.1, 0.15) is 189 Å². The number of hydrogen-bond donors (Lipinski definition) is 2. The average Bonchev–Trinajstić information content (AvgIpc) is 2.43. The molecule has 1 aliphatic rings. The van der Waals surface area contributed by atoms with Crippen LogP contribution in [0.4, 0.5) is 0 Å². The van der Waals surface area contributed by atoms with Gasteiger partial charge < -0.3 is 49.7 Å². The van der Waals surface area contributed by atoms with Gasteiger partial charge in [0, 0.05) is 80.6 Å². The van der Waals surface area contributed by atoms with Gasteiger partial charge in [-0.2, -0.15) is 0 Å². The van der Waals surface area contributed by atoms with Crippen LogP contribution in [0, 0.1) is 59.2 Å². The Balaban J connectivity index is 4.48. The van der Waals surface area contributed by atoms with Crippen molar-refractivity contribution in [1.82, 2.24) is 44.9 Å². The van der Waals surface area contributed by atoms with Gasteiger partial charge in [-0.15, -0.1) is 0 Å². The third-order valence-corrected chi connectivity index (χ3v) is 17.7. The van der Waals surface area contributed by atoms with Crippen LogP contribution >= 0.6 is 0 Å². The van der Waals surface area contributed by atoms with Gasteiger partial charge in [0.15, 0.2) is 5.78 Å². The van der Waals surface area contributed by atoms with E-state index in [1.807, 2.05) is 95.2 Å². The van der Waals surface area contributed by atoms with Crippen molar-refractivity contribution in [2.75, 3.05) is 55.9 Å². The van der Waals surface area contributed by atoms with Crippen LogP contribution in [0.25, 0.3) is 0 Å². The third-order valence-electron chi connectivity index (χ3n) is 17.7. The molecule has 13 atom stereocenters. The molecule has 0 aromatic carbocycles. The van der Waals surface area contributed by atoms with E-state index in [1.54, 1.807) is 48.5 Å². The van der Waals surface area contributed by atoms with Gasteiger partial charge >= 0.3 is 0 Å². The summed E-state index contributed by atoms with van der Waals surface area (Å²) in [6.45, 7) is 34.8. The summed E-state index contributed by atoms with van der Waals surface area (Å²) in [7, 11) is 10.4. The number of allylic oxidation sites excluding steroid dienone is 2. The number of rotatable bonds is 18. The highest BCUT2D eigenvalue weighted by Gasteiger charge is 2.46. The molecular formula is C68H121N9O12. The Morgan fingerprint density at radius 2 is 0.899 bits per heavy atom. The van der Waals surface area contributed by atoms with Crippen molar-refractivity contribution in [3.8, 4) is 0 Å². The largest absolute Gasteiger partial charge is 0.349 e. The molecule has 1 heterocycles. The van der Waals surface area contributed by atoms with Crippen LogP contribution in [0.2, 0.25) is 0 Å². The predicted molar refractivity (Wildman–Crippen MR) is 349 cm³/mol. The Kier molecular flexibility index (Phi) is 34.3. The van der Waals surface area contributed by atoms with Crippen molar-refractivity contribution >= 4 is 64.7 Å². The van der Waals surface area contributed by atoms with Crippen molar-refractivity contribution in [3.05, 3.63) is 12.2 Å². The minimum Gasteiger partial charge on any atom is -0.349 e. The first-order valence-electron chi connectivity index (χ1n) is 32.9. The van der Waals surface area contributed by atoms with Gasteiger partial charge in [0.2, 0.25) is 53.5 Å². The molecule has 0 aromatic heterocycles. The number of ketones is 2. The van der Waals surface area contributed by atoms with Crippen molar-refractivity contribution in [3.63, 3.8) is 0 Å². The second-order valence-electron chi connectivity index (χ2n) is 28.1. The summed E-state index contributed by atoms with van der Waals surface area (Å²) in [6, 6.07) is -9.11. The number of likely N-dealkylation sites (N-methyl/N-ethyl adjacent to an activating group) is 7. The Morgan fingerprint density at radius 3 is 1.36 bits per heavy atom. The molecule has 0 bridgehead atoms. The molecule has 0 aromatic rings. The summed E-state index contributed by atoms with van der Waals surface area (Å²) in [5.74, 6) is -10.1. The molecule has 510 valence electrons. The van der Waals surface area contributed by atoms with Crippen molar-refractivity contribution in [2.45, 2.75) is 244 Å². The fourth-order valence-electron chi connectivity index (χ4n) is 11.9. The molecule has 2 N–H and O–H groups in total. The number of hydrogen-bond acceptors (Lipinski definition) is 12. The SMILES string of the molecule is C/C=C/C[C@@H](C)[C@@H](C)[C@H]1C(=O)N[C@@H](CC)C(=O)N(C)[C@H](OCCC)C(=O)N(C)[C@@H](CC(C)C)C(=O)N[C@@H](C(C)C)C(=O)N(C)[C@@H](CC(C)C)C(=O)C[C@@H](C)C(=O)C[C@H](C)C(=O)N(C)[C@@H](CC(C)C)C(=O)N(C)[C@@H](CC(C)C)C(=O)N(C)[C@@H](C(C)C)C(=O)N1C. The van der Waals surface area contributed by atoms with Crippen LogP contribution in [-0.4, -0.2) is 210 Å². The van der Waals surface area contributed by atoms with E-state index in [2.05, 4.69) is 10.6 Å². The zero-order valence-electron chi connectivity index (χ0n) is 59.7. The van der Waals surface area contributed by atoms with Gasteiger partial charge in [0.25, 0.3) is 5.91 Å². The highest BCUT2D eigenvalue weighted by molar-refractivity contribution is 5.99. The van der Waals surface area contributed by atoms with Crippen molar-refractivity contribution < 1.29 is 57.5 Å². The predicted octanol–water partition coefficient (Wildman–Crippen LogP) is 7.48. The first-order valence-corrected chi connectivity index (χ1v) is 32.9. The molecule has 89 heavy (non-hydrogen) atoms. The Bertz CT molecular complexity index is 2410. The quantitative estimate of drug-likeness (QED) is 0.127. The second-order valence-corrected chi connectivity index (χ2v) is 28.1. The van der Waals surface area contributed by atoms with Crippen LogP contribution < -0.4 is 10.6 Å². The molecule has 0 unspecified atom stereocenters. The lowest BCUT2D eigenvalue weighted by molar-refractivity contribution is -0.168. The number of ether oxygens (including phenoxy) is 1.